The van der Waals surface area contributed by atoms with E-state index in [1.807, 2.05) is 24.3 Å². The highest BCUT2D eigenvalue weighted by molar-refractivity contribution is 5.66. The number of hydrogen-bond acceptors (Lipinski definition) is 6. The molecule has 1 aromatic carbocycles. The normalized spacial score (nSPS) is 13.1. The van der Waals surface area contributed by atoms with Gasteiger partial charge >= 0.3 is 0 Å². The van der Waals surface area contributed by atoms with Crippen LogP contribution in [0.5, 0.6) is 11.5 Å². The number of benzene rings is 1. The molecule has 20 heavy (non-hydrogen) atoms. The van der Waals surface area contributed by atoms with Crippen LogP contribution in [-0.2, 0) is 0 Å². The molecule has 0 unspecified atom stereocenters. The van der Waals surface area contributed by atoms with Gasteiger partial charge in [-0.05, 0) is 18.2 Å². The van der Waals surface area contributed by atoms with E-state index in [-0.39, 0.29) is 0 Å². The molecule has 3 rings (SSSR count). The number of fused-ring (bicyclic) bond motifs is 1. The fourth-order valence-electron chi connectivity index (χ4n) is 2.01. The summed E-state index contributed by atoms with van der Waals surface area (Å²) in [6.45, 7) is 2.40. The first-order chi connectivity index (χ1) is 9.86. The van der Waals surface area contributed by atoms with Gasteiger partial charge in [-0.15, -0.1) is 0 Å². The number of nitrogens with one attached hydrogen (secondary N) is 1. The quantitative estimate of drug-likeness (QED) is 0.872. The highest BCUT2D eigenvalue weighted by Gasteiger charge is 2.13. The van der Waals surface area contributed by atoms with Crippen molar-refractivity contribution in [3.8, 4) is 22.8 Å². The summed E-state index contributed by atoms with van der Waals surface area (Å²) in [5, 5.41) is 3.13. The van der Waals surface area contributed by atoms with Crippen LogP contribution in [0.2, 0.25) is 0 Å². The number of hydrogen-bond donors (Lipinski definition) is 2. The maximum absolute atomic E-state index is 5.58. The molecular weight excluding hydrogens is 256 g/mol. The molecule has 1 aromatic heterocycles. The first kappa shape index (κ1) is 12.7. The number of aromatic nitrogens is 2. The summed E-state index contributed by atoms with van der Waals surface area (Å²) < 4.78 is 11.1. The standard InChI is InChI=1S/C14H16N4O2/c15-3-4-16-14-8-11(17-9-18-14)10-1-2-12-13(7-10)20-6-5-19-12/h1-2,7-9H,3-6,15H2,(H,16,17,18). The summed E-state index contributed by atoms with van der Waals surface area (Å²) >= 11 is 0. The number of nitrogens with two attached hydrogens (primary N) is 1. The molecule has 2 heterocycles. The minimum absolute atomic E-state index is 0.559. The van der Waals surface area contributed by atoms with E-state index in [1.165, 1.54) is 6.33 Å². The van der Waals surface area contributed by atoms with E-state index in [4.69, 9.17) is 15.2 Å². The molecule has 0 amide bonds. The lowest BCUT2D eigenvalue weighted by Gasteiger charge is -2.18. The predicted molar refractivity (Wildman–Crippen MR) is 76.0 cm³/mol. The molecule has 6 heteroatoms. The third kappa shape index (κ3) is 2.65. The van der Waals surface area contributed by atoms with Crippen LogP contribution >= 0.6 is 0 Å². The van der Waals surface area contributed by atoms with Crippen molar-refractivity contribution in [3.63, 3.8) is 0 Å². The lowest BCUT2D eigenvalue weighted by atomic mass is 10.1. The van der Waals surface area contributed by atoms with Crippen molar-refractivity contribution in [2.45, 2.75) is 0 Å². The smallest absolute Gasteiger partial charge is 0.162 e. The van der Waals surface area contributed by atoms with E-state index in [1.54, 1.807) is 0 Å². The third-order valence-electron chi connectivity index (χ3n) is 2.96. The first-order valence-electron chi connectivity index (χ1n) is 6.53. The molecule has 0 aliphatic carbocycles. The summed E-state index contributed by atoms with van der Waals surface area (Å²) in [7, 11) is 0. The Morgan fingerprint density at radius 3 is 2.80 bits per heavy atom. The highest BCUT2D eigenvalue weighted by atomic mass is 16.6. The summed E-state index contributed by atoms with van der Waals surface area (Å²) in [4.78, 5) is 8.44. The zero-order valence-electron chi connectivity index (χ0n) is 11.0. The van der Waals surface area contributed by atoms with Crippen LogP contribution in [0.15, 0.2) is 30.6 Å². The van der Waals surface area contributed by atoms with Crippen molar-refractivity contribution in [1.29, 1.82) is 0 Å². The van der Waals surface area contributed by atoms with E-state index < -0.39 is 0 Å². The van der Waals surface area contributed by atoms with E-state index in [0.717, 1.165) is 28.6 Å². The van der Waals surface area contributed by atoms with Gasteiger partial charge in [-0.1, -0.05) is 0 Å². The average molecular weight is 272 g/mol. The molecule has 0 saturated carbocycles. The Labute approximate surface area is 116 Å². The van der Waals surface area contributed by atoms with Crippen LogP contribution in [0.4, 0.5) is 5.82 Å². The van der Waals surface area contributed by atoms with Crippen molar-refractivity contribution in [2.24, 2.45) is 5.73 Å². The minimum atomic E-state index is 0.559. The number of anilines is 1. The van der Waals surface area contributed by atoms with Crippen LogP contribution in [0, 0.1) is 0 Å². The van der Waals surface area contributed by atoms with Crippen LogP contribution < -0.4 is 20.5 Å². The first-order valence-corrected chi connectivity index (χ1v) is 6.53. The molecule has 0 saturated heterocycles. The third-order valence-corrected chi connectivity index (χ3v) is 2.96. The molecule has 0 bridgehead atoms. The van der Waals surface area contributed by atoms with Gasteiger partial charge in [-0.3, -0.25) is 0 Å². The lowest BCUT2D eigenvalue weighted by molar-refractivity contribution is 0.171. The summed E-state index contributed by atoms with van der Waals surface area (Å²) in [6, 6.07) is 7.69. The molecule has 0 atom stereocenters. The van der Waals surface area contributed by atoms with E-state index in [0.29, 0.717) is 26.3 Å². The number of ether oxygens (including phenoxy) is 2. The van der Waals surface area contributed by atoms with Gasteiger partial charge in [0.25, 0.3) is 0 Å². The Kier molecular flexibility index (Phi) is 3.64. The van der Waals surface area contributed by atoms with Crippen LogP contribution in [-0.4, -0.2) is 36.3 Å². The van der Waals surface area contributed by atoms with Gasteiger partial charge < -0.3 is 20.5 Å². The zero-order chi connectivity index (χ0) is 13.8. The molecule has 0 fully saturated rings. The second-order valence-corrected chi connectivity index (χ2v) is 4.36. The van der Waals surface area contributed by atoms with Gasteiger partial charge in [-0.2, -0.15) is 0 Å². The SMILES string of the molecule is NCCNc1cc(-c2ccc3c(c2)OCCO3)ncn1. The molecule has 104 valence electrons. The van der Waals surface area contributed by atoms with Gasteiger partial charge in [0.2, 0.25) is 0 Å². The van der Waals surface area contributed by atoms with Crippen LogP contribution in [0.3, 0.4) is 0 Å². The van der Waals surface area contributed by atoms with Crippen molar-refractivity contribution >= 4 is 5.82 Å². The largest absolute Gasteiger partial charge is 0.486 e. The van der Waals surface area contributed by atoms with Gasteiger partial charge in [0.15, 0.2) is 11.5 Å². The second-order valence-electron chi connectivity index (χ2n) is 4.36. The van der Waals surface area contributed by atoms with Crippen LogP contribution in [0.25, 0.3) is 11.3 Å². The summed E-state index contributed by atoms with van der Waals surface area (Å²) in [6.07, 6.45) is 1.53. The van der Waals surface area contributed by atoms with Gasteiger partial charge in [0, 0.05) is 24.7 Å². The monoisotopic (exact) mass is 272 g/mol. The molecule has 0 spiro atoms. The second kappa shape index (κ2) is 5.75. The molecule has 3 N–H and O–H groups in total. The highest BCUT2D eigenvalue weighted by Crippen LogP contribution is 2.34. The lowest BCUT2D eigenvalue weighted by Crippen LogP contribution is -2.15. The molecule has 2 aromatic rings. The molecule has 0 radical (unpaired) electrons. The fourth-order valence-corrected chi connectivity index (χ4v) is 2.01. The fraction of sp³-hybridized carbons (Fsp3) is 0.286. The van der Waals surface area contributed by atoms with Crippen molar-refractivity contribution in [3.05, 3.63) is 30.6 Å². The Bertz CT molecular complexity index is 603. The van der Waals surface area contributed by atoms with Gasteiger partial charge in [-0.25, -0.2) is 9.97 Å². The van der Waals surface area contributed by atoms with Gasteiger partial charge in [0.05, 0.1) is 5.69 Å². The van der Waals surface area contributed by atoms with Crippen molar-refractivity contribution in [1.82, 2.24) is 9.97 Å². The Morgan fingerprint density at radius 2 is 1.95 bits per heavy atom. The molecule has 1 aliphatic heterocycles. The molecule has 6 nitrogen and oxygen atoms in total. The van der Waals surface area contributed by atoms with E-state index in [2.05, 4.69) is 15.3 Å². The summed E-state index contributed by atoms with van der Waals surface area (Å²) in [5.41, 5.74) is 7.26. The van der Waals surface area contributed by atoms with E-state index >= 15 is 0 Å². The number of rotatable bonds is 4. The van der Waals surface area contributed by atoms with E-state index in [9.17, 15) is 0 Å². The topological polar surface area (TPSA) is 82.3 Å². The molecular formula is C14H16N4O2. The zero-order valence-corrected chi connectivity index (χ0v) is 11.0. The maximum atomic E-state index is 5.58. The summed E-state index contributed by atoms with van der Waals surface area (Å²) in [5.74, 6) is 2.29. The van der Waals surface area contributed by atoms with Crippen LogP contribution in [0.1, 0.15) is 0 Å². The predicted octanol–water partition coefficient (Wildman–Crippen LogP) is 1.29. The Morgan fingerprint density at radius 1 is 1.10 bits per heavy atom. The maximum Gasteiger partial charge on any atom is 0.162 e. The molecule has 1 aliphatic rings. The van der Waals surface area contributed by atoms with Crippen molar-refractivity contribution in [2.75, 3.05) is 31.6 Å². The van der Waals surface area contributed by atoms with Gasteiger partial charge in [0.1, 0.15) is 25.4 Å². The van der Waals surface area contributed by atoms with Crippen molar-refractivity contribution < 1.29 is 9.47 Å². The average Bonchev–Trinajstić information content (AvgIpc) is 2.53. The Balaban J connectivity index is 1.88. The Hall–Kier alpha value is -2.34. The number of nitrogens with zero attached hydrogens (tertiary/aromatic N) is 2. The minimum Gasteiger partial charge on any atom is -0.486 e.